The van der Waals surface area contributed by atoms with Gasteiger partial charge >= 0.3 is 6.34 Å². The van der Waals surface area contributed by atoms with Crippen LogP contribution in [0.3, 0.4) is 0 Å². The third kappa shape index (κ3) is 0.516. The zero-order valence-electron chi connectivity index (χ0n) is 3.20. The molecule has 1 aliphatic heterocycles. The highest BCUT2D eigenvalue weighted by Crippen LogP contribution is 1.57. The van der Waals surface area contributed by atoms with Crippen molar-refractivity contribution in [2.45, 2.75) is 0 Å². The molecule has 1 rings (SSSR count). The molecule has 2 radical (unpaired) electrons. The Kier molecular flexibility index (Phi) is 0.819. The summed E-state index contributed by atoms with van der Waals surface area (Å²) < 4.78 is 0. The van der Waals surface area contributed by atoms with Crippen molar-refractivity contribution in [2.24, 2.45) is 0 Å². The summed E-state index contributed by atoms with van der Waals surface area (Å²) in [5.74, 6) is 0. The number of aliphatic imine (C=N–C) groups is 2. The smallest absolute Gasteiger partial charge is 0.0806 e. The number of hydrogen-bond donors (Lipinski definition) is 0. The Labute approximate surface area is 35.9 Å². The molecule has 0 fully saturated rings. The molecule has 0 aromatic rings. The van der Waals surface area contributed by atoms with Crippen LogP contribution < -0.4 is 9.98 Å². The number of rotatable bonds is 0. The second-order valence-electron chi connectivity index (χ2n) is 0.904. The van der Waals surface area contributed by atoms with Gasteiger partial charge < -0.3 is 0 Å². The average molecular weight is 80.1 g/mol. The molecule has 0 amide bonds. The van der Waals surface area contributed by atoms with E-state index < -0.39 is 0 Å². The molecule has 0 saturated carbocycles. The highest BCUT2D eigenvalue weighted by Gasteiger charge is 1.96. The van der Waals surface area contributed by atoms with Crippen LogP contribution in [0, 0.1) is 0 Å². The third-order valence-electron chi connectivity index (χ3n) is 0.478. The van der Waals surface area contributed by atoms with Gasteiger partial charge in [0.2, 0.25) is 0 Å². The van der Waals surface area contributed by atoms with Crippen molar-refractivity contribution in [2.75, 3.05) is 0 Å². The lowest BCUT2D eigenvalue weighted by molar-refractivity contribution is 1.33. The molecular formula is C4H4N2+2. The Bertz CT molecular complexity index is 74.9. The highest BCUT2D eigenvalue weighted by atomic mass is 14.8. The molecule has 2 heteroatoms. The Hall–Kier alpha value is -0.920. The zero-order chi connectivity index (χ0) is 4.24. The van der Waals surface area contributed by atoms with Crippen LogP contribution in [0.5, 0.6) is 0 Å². The quantitative estimate of drug-likeness (QED) is 0.367. The first-order valence-corrected chi connectivity index (χ1v) is 1.70. The molecular weight excluding hydrogens is 76.1 g/mol. The molecule has 0 spiro atoms. The summed E-state index contributed by atoms with van der Waals surface area (Å²) in [4.78, 5) is 7.35. The second-order valence-corrected chi connectivity index (χ2v) is 0.904. The molecule has 6 heavy (non-hydrogen) atoms. The van der Waals surface area contributed by atoms with Crippen molar-refractivity contribution < 1.29 is 0 Å². The lowest BCUT2D eigenvalue weighted by Gasteiger charge is -1.49. The Morgan fingerprint density at radius 3 is 2.33 bits per heavy atom. The first kappa shape index (κ1) is 3.28. The molecule has 0 aromatic heterocycles. The maximum atomic E-state index is 3.67. The molecule has 1 aliphatic rings. The Balaban J connectivity index is 2.77. The van der Waals surface area contributed by atoms with Gasteiger partial charge in [-0.25, -0.2) is 0 Å². The maximum Gasteiger partial charge on any atom is 0.535 e. The van der Waals surface area contributed by atoms with Gasteiger partial charge in [0.1, 0.15) is 9.98 Å². The van der Waals surface area contributed by atoms with E-state index in [-0.39, 0.29) is 0 Å². The van der Waals surface area contributed by atoms with Crippen molar-refractivity contribution in [3.8, 4) is 0 Å². The predicted molar refractivity (Wildman–Crippen MR) is 25.5 cm³/mol. The highest BCUT2D eigenvalue weighted by molar-refractivity contribution is 5.79. The second kappa shape index (κ2) is 1.50. The summed E-state index contributed by atoms with van der Waals surface area (Å²) >= 11 is 0. The molecule has 1 heterocycles. The van der Waals surface area contributed by atoms with Crippen molar-refractivity contribution in [3.63, 3.8) is 0 Å². The van der Waals surface area contributed by atoms with Gasteiger partial charge in [0, 0.05) is 0 Å². The van der Waals surface area contributed by atoms with E-state index >= 15 is 0 Å². The van der Waals surface area contributed by atoms with Crippen LogP contribution in [-0.2, 0) is 0 Å². The number of nitrogens with zero attached hydrogens (tertiary/aromatic N) is 2. The summed E-state index contributed by atoms with van der Waals surface area (Å²) in [5, 5.41) is 0. The normalized spacial score (nSPS) is 16.0. The van der Waals surface area contributed by atoms with Gasteiger partial charge in [0.25, 0.3) is 12.4 Å². The lowest BCUT2D eigenvalue weighted by Crippen LogP contribution is -1.96. The van der Waals surface area contributed by atoms with E-state index in [0.29, 0.717) is 0 Å². The maximum absolute atomic E-state index is 3.67. The van der Waals surface area contributed by atoms with Gasteiger partial charge in [-0.05, 0) is 0 Å². The fourth-order valence-corrected chi connectivity index (χ4v) is 0.253. The SMILES string of the molecule is C1=C[N+]=C[N+]=C1. The Morgan fingerprint density at radius 2 is 2.17 bits per heavy atom. The van der Waals surface area contributed by atoms with Crippen LogP contribution in [0.25, 0.3) is 0 Å². The monoisotopic (exact) mass is 80.0 g/mol. The lowest BCUT2D eigenvalue weighted by atomic mass is 10.6. The minimum atomic E-state index is 1.50. The minimum absolute atomic E-state index is 1.50. The van der Waals surface area contributed by atoms with Crippen molar-refractivity contribution in [3.05, 3.63) is 12.3 Å². The minimum Gasteiger partial charge on any atom is 0.0806 e. The summed E-state index contributed by atoms with van der Waals surface area (Å²) in [5.41, 5.74) is 0. The average Bonchev–Trinajstić information content (AvgIpc) is 1.72. The first-order chi connectivity index (χ1) is 3.00. The molecule has 2 nitrogen and oxygen atoms in total. The van der Waals surface area contributed by atoms with Gasteiger partial charge in [-0.15, -0.1) is 0 Å². The molecule has 0 atom stereocenters. The summed E-state index contributed by atoms with van der Waals surface area (Å²) in [6, 6.07) is 0. The third-order valence-corrected chi connectivity index (χ3v) is 0.478. The molecule has 28 valence electrons. The molecule has 0 aromatic carbocycles. The fourth-order valence-electron chi connectivity index (χ4n) is 0.253. The van der Waals surface area contributed by atoms with Crippen LogP contribution in [0.2, 0.25) is 0 Å². The van der Waals surface area contributed by atoms with E-state index in [1.165, 1.54) is 6.34 Å². The van der Waals surface area contributed by atoms with Crippen LogP contribution in [0.4, 0.5) is 0 Å². The van der Waals surface area contributed by atoms with E-state index in [0.717, 1.165) is 0 Å². The van der Waals surface area contributed by atoms with Crippen molar-refractivity contribution in [1.82, 2.24) is 9.98 Å². The molecule has 0 bridgehead atoms. The first-order valence-electron chi connectivity index (χ1n) is 1.70. The van der Waals surface area contributed by atoms with E-state index in [4.69, 9.17) is 0 Å². The van der Waals surface area contributed by atoms with E-state index in [9.17, 15) is 0 Å². The molecule has 0 N–H and O–H groups in total. The molecule has 0 aliphatic carbocycles. The van der Waals surface area contributed by atoms with Crippen LogP contribution in [-0.4, -0.2) is 12.6 Å². The standard InChI is InChI=1S/C4H4N2/c1-2-5-4-6-3-1/h1-4H/q+2. The number of allylic oxidation sites excluding steroid dienone is 1. The Morgan fingerprint density at radius 1 is 1.17 bits per heavy atom. The fraction of sp³-hybridized carbons (Fsp3) is 0. The zero-order valence-corrected chi connectivity index (χ0v) is 3.20. The topological polar surface area (TPSA) is 28.2 Å². The summed E-state index contributed by atoms with van der Waals surface area (Å²) in [6.45, 7) is 0. The number of hydrogen-bond acceptors (Lipinski definition) is 2. The van der Waals surface area contributed by atoms with Crippen molar-refractivity contribution >= 4 is 12.6 Å². The van der Waals surface area contributed by atoms with Crippen molar-refractivity contribution in [1.29, 1.82) is 0 Å². The van der Waals surface area contributed by atoms with Gasteiger partial charge in [0.05, 0.1) is 6.08 Å². The van der Waals surface area contributed by atoms with Gasteiger partial charge in [-0.2, -0.15) is 0 Å². The van der Waals surface area contributed by atoms with E-state index in [1.807, 2.05) is 0 Å². The van der Waals surface area contributed by atoms with E-state index in [2.05, 4.69) is 9.98 Å². The van der Waals surface area contributed by atoms with Gasteiger partial charge in [-0.1, -0.05) is 0 Å². The summed E-state index contributed by atoms with van der Waals surface area (Å²) in [7, 11) is 0. The largest absolute Gasteiger partial charge is 0.535 e. The van der Waals surface area contributed by atoms with Gasteiger partial charge in [0.15, 0.2) is 0 Å². The molecule has 0 unspecified atom stereocenters. The summed E-state index contributed by atoms with van der Waals surface area (Å²) in [6.07, 6.45) is 6.65. The van der Waals surface area contributed by atoms with E-state index in [1.54, 1.807) is 18.5 Å². The predicted octanol–water partition coefficient (Wildman–Crippen LogP) is -0.716. The van der Waals surface area contributed by atoms with Gasteiger partial charge in [-0.3, -0.25) is 0 Å². The molecule has 0 saturated heterocycles. The van der Waals surface area contributed by atoms with Crippen LogP contribution in [0.1, 0.15) is 0 Å². The van der Waals surface area contributed by atoms with Crippen LogP contribution >= 0.6 is 0 Å². The van der Waals surface area contributed by atoms with Crippen LogP contribution in [0.15, 0.2) is 12.3 Å².